The molecule has 0 bridgehead atoms. The van der Waals surface area contributed by atoms with Crippen LogP contribution in [-0.2, 0) is 19.3 Å². The van der Waals surface area contributed by atoms with E-state index in [-0.39, 0.29) is 5.82 Å². The number of rotatable bonds is 1. The highest BCUT2D eigenvalue weighted by molar-refractivity contribution is 5.42. The van der Waals surface area contributed by atoms with Crippen molar-refractivity contribution in [2.24, 2.45) is 0 Å². The number of aryl methyl sites for hydroxylation is 5. The molecule has 0 fully saturated rings. The Balaban J connectivity index is 0.000000149. The number of fused-ring (bicyclic) bond motifs is 3. The van der Waals surface area contributed by atoms with Crippen LogP contribution in [0.1, 0.15) is 58.2 Å². The van der Waals surface area contributed by atoms with Gasteiger partial charge in [0.15, 0.2) is 11.6 Å². The molecule has 0 radical (unpaired) electrons. The third kappa shape index (κ3) is 15.0. The van der Waals surface area contributed by atoms with Crippen molar-refractivity contribution < 1.29 is 23.3 Å². The van der Waals surface area contributed by atoms with Gasteiger partial charge in [-0.25, -0.2) is 4.39 Å². The first-order valence-corrected chi connectivity index (χ1v) is 19.3. The number of hydrogen-bond acceptors (Lipinski definition) is 4. The van der Waals surface area contributed by atoms with Crippen molar-refractivity contribution in [2.75, 3.05) is 26.9 Å². The summed E-state index contributed by atoms with van der Waals surface area (Å²) in [7, 11) is 1.66. The SMILES string of the molecule is COc1ccccc1.Cc1ccc(F)c2c1CCCO2.Cc1cccc2c1CCCO2.Cc1ccccc1.Cc1ccccc1.c1ccc2c(c1)CCCO2. The highest BCUT2D eigenvalue weighted by Crippen LogP contribution is 2.30. The van der Waals surface area contributed by atoms with E-state index in [2.05, 4.69) is 75.4 Å². The van der Waals surface area contributed by atoms with E-state index in [4.69, 9.17) is 18.9 Å². The first kappa shape index (κ1) is 42.2. The van der Waals surface area contributed by atoms with E-state index in [9.17, 15) is 4.39 Å². The molecule has 3 aliphatic rings. The van der Waals surface area contributed by atoms with Crippen LogP contribution in [0.4, 0.5) is 4.39 Å². The Morgan fingerprint density at radius 1 is 0.455 bits per heavy atom. The Kier molecular flexibility index (Phi) is 18.4. The van der Waals surface area contributed by atoms with Gasteiger partial charge in [0.05, 0.1) is 26.9 Å². The Morgan fingerprint density at radius 3 is 1.47 bits per heavy atom. The first-order chi connectivity index (χ1) is 26.9. The standard InChI is InChI=1S/C10H11FO.C10H12O.C9H10O.C7H8O.2C7H8/c1-7-4-5-9(11)10-8(7)3-2-6-12-10;1-8-4-2-6-10-9(8)5-3-7-11-10;1-2-6-9-8(4-1)5-3-7-10-9;1-8-7-5-3-2-4-6-7;2*1-7-5-3-2-4-6-7/h4-5H,2-3,6H2,1H3;2,4,6H,3,5,7H2,1H3;1-2,4,6H,3,5,7H2;2-6H,1H3;2*2-6H,1H3. The third-order valence-corrected chi connectivity index (χ3v) is 9.14. The fourth-order valence-corrected chi connectivity index (χ4v) is 6.07. The molecule has 5 heteroatoms. The quantitative estimate of drug-likeness (QED) is 0.168. The Bertz CT molecular complexity index is 1850. The third-order valence-electron chi connectivity index (χ3n) is 9.14. The van der Waals surface area contributed by atoms with Crippen molar-refractivity contribution in [1.29, 1.82) is 0 Å². The van der Waals surface area contributed by atoms with Gasteiger partial charge in [0.2, 0.25) is 0 Å². The zero-order valence-corrected chi connectivity index (χ0v) is 33.2. The summed E-state index contributed by atoms with van der Waals surface area (Å²) in [6.45, 7) is 10.7. The molecule has 0 atom stereocenters. The molecule has 3 aliphatic heterocycles. The second-order valence-corrected chi connectivity index (χ2v) is 13.5. The Labute approximate surface area is 328 Å². The van der Waals surface area contributed by atoms with Crippen LogP contribution in [0.2, 0.25) is 0 Å². The topological polar surface area (TPSA) is 36.9 Å². The summed E-state index contributed by atoms with van der Waals surface area (Å²) in [5.41, 5.74) is 8.94. The average molecular weight is 741 g/mol. The highest BCUT2D eigenvalue weighted by Gasteiger charge is 2.16. The summed E-state index contributed by atoms with van der Waals surface area (Å²) >= 11 is 0. The van der Waals surface area contributed by atoms with Gasteiger partial charge in [-0.2, -0.15) is 0 Å². The molecular weight excluding hydrogens is 684 g/mol. The van der Waals surface area contributed by atoms with Gasteiger partial charge in [-0.05, 0) is 119 Å². The summed E-state index contributed by atoms with van der Waals surface area (Å²) < 4.78 is 34.2. The van der Waals surface area contributed by atoms with Crippen molar-refractivity contribution in [1.82, 2.24) is 0 Å². The molecule has 0 saturated heterocycles. The van der Waals surface area contributed by atoms with E-state index in [0.29, 0.717) is 12.4 Å². The Morgan fingerprint density at radius 2 is 0.945 bits per heavy atom. The summed E-state index contributed by atoms with van der Waals surface area (Å²) in [5, 5.41) is 0. The minimum atomic E-state index is -0.227. The molecule has 4 nitrogen and oxygen atoms in total. The predicted molar refractivity (Wildman–Crippen MR) is 226 cm³/mol. The van der Waals surface area contributed by atoms with E-state index in [1.54, 1.807) is 7.11 Å². The normalized spacial score (nSPS) is 12.7. The van der Waals surface area contributed by atoms with E-state index in [1.165, 1.54) is 46.7 Å². The van der Waals surface area contributed by atoms with Gasteiger partial charge >= 0.3 is 0 Å². The summed E-state index contributed by atoms with van der Waals surface area (Å²) in [5.74, 6) is 3.33. The summed E-state index contributed by atoms with van der Waals surface area (Å²) in [4.78, 5) is 0. The van der Waals surface area contributed by atoms with Crippen molar-refractivity contribution in [3.05, 3.63) is 190 Å². The van der Waals surface area contributed by atoms with Gasteiger partial charge in [0.25, 0.3) is 0 Å². The minimum Gasteiger partial charge on any atom is -0.497 e. The minimum absolute atomic E-state index is 0.227. The van der Waals surface area contributed by atoms with Crippen LogP contribution in [0.15, 0.2) is 146 Å². The molecule has 0 amide bonds. The predicted octanol–water partition coefficient (Wildman–Crippen LogP) is 12.5. The maximum absolute atomic E-state index is 13.1. The molecule has 0 saturated carbocycles. The van der Waals surface area contributed by atoms with Crippen LogP contribution in [0, 0.1) is 33.5 Å². The van der Waals surface area contributed by atoms with Crippen LogP contribution < -0.4 is 18.9 Å². The smallest absolute Gasteiger partial charge is 0.165 e. The van der Waals surface area contributed by atoms with Crippen LogP contribution in [-0.4, -0.2) is 26.9 Å². The molecule has 0 N–H and O–H groups in total. The fourth-order valence-electron chi connectivity index (χ4n) is 6.07. The van der Waals surface area contributed by atoms with Crippen molar-refractivity contribution in [2.45, 2.75) is 66.2 Å². The van der Waals surface area contributed by atoms with Crippen LogP contribution in [0.3, 0.4) is 0 Å². The maximum Gasteiger partial charge on any atom is 0.165 e. The van der Waals surface area contributed by atoms with Crippen LogP contribution >= 0.6 is 0 Å². The molecule has 0 unspecified atom stereocenters. The molecule has 288 valence electrons. The number of ether oxygens (including phenoxy) is 4. The largest absolute Gasteiger partial charge is 0.497 e. The van der Waals surface area contributed by atoms with E-state index >= 15 is 0 Å². The van der Waals surface area contributed by atoms with Crippen molar-refractivity contribution in [3.8, 4) is 23.0 Å². The number of hydrogen-bond donors (Lipinski definition) is 0. The lowest BCUT2D eigenvalue weighted by Crippen LogP contribution is -2.11. The second kappa shape index (κ2) is 24.0. The van der Waals surface area contributed by atoms with Gasteiger partial charge < -0.3 is 18.9 Å². The monoisotopic (exact) mass is 740 g/mol. The first-order valence-electron chi connectivity index (χ1n) is 19.3. The van der Waals surface area contributed by atoms with Crippen LogP contribution in [0.25, 0.3) is 0 Å². The van der Waals surface area contributed by atoms with E-state index in [1.807, 2.05) is 91.9 Å². The molecule has 55 heavy (non-hydrogen) atoms. The van der Waals surface area contributed by atoms with Gasteiger partial charge in [0, 0.05) is 5.56 Å². The number of methoxy groups -OCH3 is 1. The second-order valence-electron chi connectivity index (χ2n) is 13.5. The number of halogens is 1. The lowest BCUT2D eigenvalue weighted by atomic mass is 10.0. The zero-order valence-electron chi connectivity index (χ0n) is 33.2. The van der Waals surface area contributed by atoms with Crippen molar-refractivity contribution >= 4 is 0 Å². The zero-order chi connectivity index (χ0) is 39.1. The maximum atomic E-state index is 13.1. The molecule has 0 aliphatic carbocycles. The van der Waals surface area contributed by atoms with Gasteiger partial charge in [-0.15, -0.1) is 0 Å². The van der Waals surface area contributed by atoms with Gasteiger partial charge in [-0.3, -0.25) is 0 Å². The van der Waals surface area contributed by atoms with Crippen LogP contribution in [0.5, 0.6) is 23.0 Å². The molecule has 0 spiro atoms. The van der Waals surface area contributed by atoms with Gasteiger partial charge in [-0.1, -0.05) is 126 Å². The summed E-state index contributed by atoms with van der Waals surface area (Å²) in [6, 6.07) is 48.0. The lowest BCUT2D eigenvalue weighted by Gasteiger charge is -2.19. The summed E-state index contributed by atoms with van der Waals surface area (Å²) in [6.07, 6.45) is 6.63. The molecule has 6 aromatic rings. The van der Waals surface area contributed by atoms with Gasteiger partial charge in [0.1, 0.15) is 17.2 Å². The molecule has 6 aromatic carbocycles. The number of para-hydroxylation sites is 2. The highest BCUT2D eigenvalue weighted by atomic mass is 19.1. The fraction of sp³-hybridized carbons (Fsp3) is 0.280. The molecule has 0 aromatic heterocycles. The average Bonchev–Trinajstić information content (AvgIpc) is 3.25. The van der Waals surface area contributed by atoms with Crippen molar-refractivity contribution in [3.63, 3.8) is 0 Å². The molecular formula is C50H57FO4. The lowest BCUT2D eigenvalue weighted by molar-refractivity contribution is 0.272. The number of benzene rings is 6. The Hall–Kier alpha value is -5.55. The van der Waals surface area contributed by atoms with E-state index in [0.717, 1.165) is 67.3 Å². The molecule has 9 rings (SSSR count). The van der Waals surface area contributed by atoms with E-state index < -0.39 is 0 Å². The molecule has 3 heterocycles.